The molecule has 0 aromatic heterocycles. The highest BCUT2D eigenvalue weighted by Crippen LogP contribution is 2.39. The van der Waals surface area contributed by atoms with Crippen LogP contribution in [0.1, 0.15) is 37.5 Å². The minimum Gasteiger partial charge on any atom is -0.496 e. The van der Waals surface area contributed by atoms with Crippen molar-refractivity contribution in [3.63, 3.8) is 0 Å². The van der Waals surface area contributed by atoms with Gasteiger partial charge < -0.3 is 19.7 Å². The number of fused-ring (bicyclic) bond motifs is 1. The number of ether oxygens (including phenoxy) is 2. The molecule has 1 aromatic carbocycles. The van der Waals surface area contributed by atoms with Crippen molar-refractivity contribution >= 4 is 5.97 Å². The van der Waals surface area contributed by atoms with E-state index in [1.807, 2.05) is 13.0 Å². The lowest BCUT2D eigenvalue weighted by Crippen LogP contribution is -2.14. The van der Waals surface area contributed by atoms with Crippen molar-refractivity contribution in [2.75, 3.05) is 7.11 Å². The Morgan fingerprint density at radius 3 is 2.85 bits per heavy atom. The van der Waals surface area contributed by atoms with Crippen LogP contribution in [0.15, 0.2) is 12.1 Å². The first-order valence-electron chi connectivity index (χ1n) is 6.69. The SMILES string of the molecule is COc1cc2c(cc1C(O)C(C)CC(=O)O)OC(C)C2. The van der Waals surface area contributed by atoms with Gasteiger partial charge in [0, 0.05) is 17.5 Å². The van der Waals surface area contributed by atoms with Crippen molar-refractivity contribution in [1.82, 2.24) is 0 Å². The average molecular weight is 280 g/mol. The average Bonchev–Trinajstić information content (AvgIpc) is 2.74. The van der Waals surface area contributed by atoms with Gasteiger partial charge in [0.05, 0.1) is 19.6 Å². The number of rotatable bonds is 5. The first kappa shape index (κ1) is 14.7. The van der Waals surface area contributed by atoms with Gasteiger partial charge in [-0.25, -0.2) is 0 Å². The van der Waals surface area contributed by atoms with Gasteiger partial charge in [0.1, 0.15) is 17.6 Å². The van der Waals surface area contributed by atoms with E-state index in [0.29, 0.717) is 11.3 Å². The second-order valence-corrected chi connectivity index (χ2v) is 5.35. The number of aliphatic hydroxyl groups is 1. The van der Waals surface area contributed by atoms with Gasteiger partial charge in [-0.05, 0) is 25.0 Å². The number of methoxy groups -OCH3 is 1. The van der Waals surface area contributed by atoms with Crippen molar-refractivity contribution in [1.29, 1.82) is 0 Å². The number of aliphatic hydroxyl groups excluding tert-OH is 1. The van der Waals surface area contributed by atoms with Crippen LogP contribution in [0.4, 0.5) is 0 Å². The van der Waals surface area contributed by atoms with Crippen LogP contribution in [0.2, 0.25) is 0 Å². The summed E-state index contributed by atoms with van der Waals surface area (Å²) in [5.74, 6) is -0.0131. The number of carboxylic acid groups (broad SMARTS) is 1. The third-order valence-electron chi connectivity index (χ3n) is 3.60. The molecule has 1 aliphatic heterocycles. The Balaban J connectivity index is 2.31. The largest absolute Gasteiger partial charge is 0.496 e. The maximum absolute atomic E-state index is 10.8. The van der Waals surface area contributed by atoms with Crippen LogP contribution in [-0.4, -0.2) is 29.4 Å². The summed E-state index contributed by atoms with van der Waals surface area (Å²) in [6, 6.07) is 3.63. The van der Waals surface area contributed by atoms with Crippen molar-refractivity contribution in [2.45, 2.75) is 38.9 Å². The molecule has 0 bridgehead atoms. The third kappa shape index (κ3) is 2.88. The molecule has 5 heteroatoms. The molecule has 0 saturated heterocycles. The summed E-state index contributed by atoms with van der Waals surface area (Å²) in [7, 11) is 1.54. The molecule has 3 unspecified atom stereocenters. The molecule has 110 valence electrons. The molecule has 0 radical (unpaired) electrons. The summed E-state index contributed by atoms with van der Waals surface area (Å²) >= 11 is 0. The summed E-state index contributed by atoms with van der Waals surface area (Å²) in [6.45, 7) is 3.69. The number of hydrogen-bond acceptors (Lipinski definition) is 4. The van der Waals surface area contributed by atoms with Crippen LogP contribution >= 0.6 is 0 Å². The highest BCUT2D eigenvalue weighted by Gasteiger charge is 2.27. The van der Waals surface area contributed by atoms with E-state index in [2.05, 4.69) is 0 Å². The van der Waals surface area contributed by atoms with Crippen LogP contribution in [0.5, 0.6) is 11.5 Å². The van der Waals surface area contributed by atoms with Gasteiger partial charge in [0.25, 0.3) is 0 Å². The number of carboxylic acids is 1. The van der Waals surface area contributed by atoms with Crippen molar-refractivity contribution < 1.29 is 24.5 Å². The molecule has 1 aromatic rings. The van der Waals surface area contributed by atoms with E-state index in [4.69, 9.17) is 14.6 Å². The highest BCUT2D eigenvalue weighted by atomic mass is 16.5. The number of aliphatic carboxylic acids is 1. The molecule has 2 rings (SSSR count). The van der Waals surface area contributed by atoms with E-state index < -0.39 is 18.0 Å². The lowest BCUT2D eigenvalue weighted by molar-refractivity contribution is -0.139. The standard InChI is InChI=1S/C15H20O5/c1-8(4-14(16)17)15(18)11-7-12-10(5-9(2)20-12)6-13(11)19-3/h6-9,15,18H,4-5H2,1-3H3,(H,16,17). The smallest absolute Gasteiger partial charge is 0.303 e. The normalized spacial score (nSPS) is 19.9. The fraction of sp³-hybridized carbons (Fsp3) is 0.533. The lowest BCUT2D eigenvalue weighted by Gasteiger charge is -2.20. The molecular weight excluding hydrogens is 260 g/mol. The molecule has 0 saturated carbocycles. The number of hydrogen-bond donors (Lipinski definition) is 2. The molecule has 0 aliphatic carbocycles. The quantitative estimate of drug-likeness (QED) is 0.864. The van der Waals surface area contributed by atoms with Crippen LogP contribution in [0.25, 0.3) is 0 Å². The fourth-order valence-corrected chi connectivity index (χ4v) is 2.56. The van der Waals surface area contributed by atoms with Gasteiger partial charge in [-0.1, -0.05) is 6.92 Å². The summed E-state index contributed by atoms with van der Waals surface area (Å²) in [6.07, 6.45) is -0.0739. The first-order valence-corrected chi connectivity index (χ1v) is 6.69. The van der Waals surface area contributed by atoms with E-state index in [-0.39, 0.29) is 12.5 Å². The topological polar surface area (TPSA) is 76.0 Å². The molecule has 5 nitrogen and oxygen atoms in total. The lowest BCUT2D eigenvalue weighted by atomic mass is 9.92. The predicted molar refractivity (Wildman–Crippen MR) is 73.2 cm³/mol. The number of benzene rings is 1. The Kier molecular flexibility index (Phi) is 4.18. The Hall–Kier alpha value is -1.75. The Morgan fingerprint density at radius 1 is 1.55 bits per heavy atom. The second-order valence-electron chi connectivity index (χ2n) is 5.35. The summed E-state index contributed by atoms with van der Waals surface area (Å²) in [5, 5.41) is 19.2. The second kappa shape index (κ2) is 5.71. The summed E-state index contributed by atoms with van der Waals surface area (Å²) < 4.78 is 11.0. The first-order chi connectivity index (χ1) is 9.42. The molecule has 20 heavy (non-hydrogen) atoms. The zero-order valence-electron chi connectivity index (χ0n) is 11.9. The number of carbonyl (C=O) groups is 1. The zero-order valence-corrected chi connectivity index (χ0v) is 11.9. The minimum atomic E-state index is -0.929. The van der Waals surface area contributed by atoms with Crippen molar-refractivity contribution in [3.05, 3.63) is 23.3 Å². The molecule has 1 aliphatic rings. The zero-order chi connectivity index (χ0) is 14.9. The van der Waals surface area contributed by atoms with E-state index >= 15 is 0 Å². The Bertz CT molecular complexity index is 511. The van der Waals surface area contributed by atoms with Gasteiger partial charge in [-0.3, -0.25) is 4.79 Å². The molecule has 3 atom stereocenters. The van der Waals surface area contributed by atoms with E-state index in [1.54, 1.807) is 20.1 Å². The maximum Gasteiger partial charge on any atom is 0.303 e. The molecule has 2 N–H and O–H groups in total. The third-order valence-corrected chi connectivity index (χ3v) is 3.60. The van der Waals surface area contributed by atoms with E-state index in [1.165, 1.54) is 0 Å². The fourth-order valence-electron chi connectivity index (χ4n) is 2.56. The summed E-state index contributed by atoms with van der Waals surface area (Å²) in [5.41, 5.74) is 1.63. The summed E-state index contributed by atoms with van der Waals surface area (Å²) in [4.78, 5) is 10.8. The molecular formula is C15H20O5. The monoisotopic (exact) mass is 280 g/mol. The van der Waals surface area contributed by atoms with Crippen molar-refractivity contribution in [2.24, 2.45) is 5.92 Å². The minimum absolute atomic E-state index is 0.0985. The van der Waals surface area contributed by atoms with Crippen LogP contribution in [-0.2, 0) is 11.2 Å². The van der Waals surface area contributed by atoms with Gasteiger partial charge in [-0.2, -0.15) is 0 Å². The van der Waals surface area contributed by atoms with Crippen LogP contribution in [0, 0.1) is 5.92 Å². The molecule has 0 amide bonds. The van der Waals surface area contributed by atoms with Crippen LogP contribution in [0.3, 0.4) is 0 Å². The van der Waals surface area contributed by atoms with Crippen LogP contribution < -0.4 is 9.47 Å². The maximum atomic E-state index is 10.8. The van der Waals surface area contributed by atoms with E-state index in [9.17, 15) is 9.90 Å². The Morgan fingerprint density at radius 2 is 2.25 bits per heavy atom. The molecule has 0 fully saturated rings. The van der Waals surface area contributed by atoms with Gasteiger partial charge >= 0.3 is 5.97 Å². The predicted octanol–water partition coefficient (Wildman–Crippen LogP) is 2.16. The van der Waals surface area contributed by atoms with E-state index in [0.717, 1.165) is 17.7 Å². The van der Waals surface area contributed by atoms with Gasteiger partial charge in [0.2, 0.25) is 0 Å². The molecule has 1 heterocycles. The highest BCUT2D eigenvalue weighted by molar-refractivity contribution is 5.67. The van der Waals surface area contributed by atoms with Crippen molar-refractivity contribution in [3.8, 4) is 11.5 Å². The van der Waals surface area contributed by atoms with Gasteiger partial charge in [0.15, 0.2) is 0 Å². The van der Waals surface area contributed by atoms with Gasteiger partial charge in [-0.15, -0.1) is 0 Å². The Labute approximate surface area is 118 Å². The molecule has 0 spiro atoms.